The molecule has 7 aromatic rings. The van der Waals surface area contributed by atoms with Crippen LogP contribution in [0.15, 0.2) is 103 Å². The molecule has 0 atom stereocenters. The summed E-state index contributed by atoms with van der Waals surface area (Å²) < 4.78 is 8.71. The van der Waals surface area contributed by atoms with Gasteiger partial charge in [-0.15, -0.1) is 11.3 Å². The van der Waals surface area contributed by atoms with E-state index < -0.39 is 0 Å². The molecule has 2 aliphatic rings. The number of nitrogen functional groups attached to an aromatic ring is 1. The van der Waals surface area contributed by atoms with Crippen molar-refractivity contribution in [1.82, 2.24) is 39.7 Å². The molecule has 0 unspecified atom stereocenters. The van der Waals surface area contributed by atoms with Crippen LogP contribution in [0.5, 0.6) is 5.75 Å². The number of pyridine rings is 1. The second-order valence-corrected chi connectivity index (χ2v) is 14.9. The molecule has 2 aromatic carbocycles. The third kappa shape index (κ3) is 8.46. The smallest absolute Gasteiger partial charge is 0.272 e. The number of nitrogens with two attached hydrogens (primary N) is 1. The zero-order chi connectivity index (χ0) is 39.8. The van der Waals surface area contributed by atoms with E-state index >= 15 is 0 Å². The van der Waals surface area contributed by atoms with Crippen LogP contribution in [0.25, 0.3) is 38.2 Å². The van der Waals surface area contributed by atoms with Gasteiger partial charge in [0.15, 0.2) is 0 Å². The molecule has 15 heteroatoms. The summed E-state index contributed by atoms with van der Waals surface area (Å²) in [5.41, 5.74) is 11.5. The third-order valence-corrected chi connectivity index (χ3v) is 11.5. The Kier molecular flexibility index (Phi) is 11.8. The maximum Gasteiger partial charge on any atom is 0.272 e. The van der Waals surface area contributed by atoms with Gasteiger partial charge in [0.2, 0.25) is 0 Å². The Balaban J connectivity index is 0.000000333. The summed E-state index contributed by atoms with van der Waals surface area (Å²) >= 11 is 1.64. The van der Waals surface area contributed by atoms with Gasteiger partial charge in [-0.2, -0.15) is 0 Å². The normalized spacial score (nSPS) is 14.8. The number of aromatic nitrogens is 6. The van der Waals surface area contributed by atoms with Crippen molar-refractivity contribution in [3.8, 4) is 16.9 Å². The molecule has 4 N–H and O–H groups in total. The number of aryl methyl sites for hydroxylation is 1. The summed E-state index contributed by atoms with van der Waals surface area (Å²) in [5, 5.41) is 10.4. The number of para-hydroxylation sites is 1. The SMILES string of the molecule is COc1cc(-c2csc3c(/C=C/CN4CCN(c5cnccn5)CC4)cnc(N)c23)ccc1NC(=O)c1cc2ccccc2n1C.c1cnc(N2CCNCC2)cn1. The van der Waals surface area contributed by atoms with Crippen molar-refractivity contribution in [2.75, 3.05) is 86.9 Å². The number of methoxy groups -OCH3 is 1. The van der Waals surface area contributed by atoms with Crippen LogP contribution in [0.4, 0.5) is 23.1 Å². The summed E-state index contributed by atoms with van der Waals surface area (Å²) in [5.74, 6) is 2.75. The van der Waals surface area contributed by atoms with Crippen molar-refractivity contribution < 1.29 is 9.53 Å². The molecular formula is C43H46N12O2S. The van der Waals surface area contributed by atoms with E-state index in [2.05, 4.69) is 67.8 Å². The fourth-order valence-electron chi connectivity index (χ4n) is 7.36. The summed E-state index contributed by atoms with van der Waals surface area (Å²) in [4.78, 5) is 41.7. The minimum Gasteiger partial charge on any atom is -0.495 e. The van der Waals surface area contributed by atoms with E-state index in [0.717, 1.165) is 108 Å². The lowest BCUT2D eigenvalue weighted by Gasteiger charge is -2.34. The number of carbonyl (C=O) groups excluding carboxylic acids is 1. The van der Waals surface area contributed by atoms with Crippen LogP contribution in [0, 0.1) is 0 Å². The molecule has 2 fully saturated rings. The topological polar surface area (TPSA) is 155 Å². The fourth-order valence-corrected chi connectivity index (χ4v) is 8.44. The van der Waals surface area contributed by atoms with Crippen molar-refractivity contribution in [2.45, 2.75) is 0 Å². The van der Waals surface area contributed by atoms with Gasteiger partial charge < -0.3 is 35.5 Å². The van der Waals surface area contributed by atoms with E-state index in [1.165, 1.54) is 0 Å². The first-order valence-corrected chi connectivity index (χ1v) is 20.2. The molecule has 7 heterocycles. The highest BCUT2D eigenvalue weighted by molar-refractivity contribution is 7.18. The Bertz CT molecular complexity index is 2510. The van der Waals surface area contributed by atoms with Gasteiger partial charge >= 0.3 is 0 Å². The van der Waals surface area contributed by atoms with Gasteiger partial charge in [0, 0.05) is 129 Å². The maximum absolute atomic E-state index is 13.3. The van der Waals surface area contributed by atoms with E-state index in [0.29, 0.717) is 22.9 Å². The number of rotatable bonds is 9. The van der Waals surface area contributed by atoms with Crippen LogP contribution in [-0.2, 0) is 7.05 Å². The molecule has 58 heavy (non-hydrogen) atoms. The number of piperazine rings is 2. The molecule has 0 aliphatic carbocycles. The van der Waals surface area contributed by atoms with Gasteiger partial charge in [0.05, 0.1) is 25.2 Å². The molecule has 0 bridgehead atoms. The third-order valence-electron chi connectivity index (χ3n) is 10.5. The van der Waals surface area contributed by atoms with E-state index in [1.54, 1.807) is 43.2 Å². The molecule has 296 valence electrons. The molecule has 5 aromatic heterocycles. The average molecular weight is 795 g/mol. The molecule has 2 saturated heterocycles. The lowest BCUT2D eigenvalue weighted by Crippen LogP contribution is -2.46. The lowest BCUT2D eigenvalue weighted by atomic mass is 10.0. The number of anilines is 4. The number of hydrogen-bond donors (Lipinski definition) is 3. The van der Waals surface area contributed by atoms with Gasteiger partial charge in [0.1, 0.15) is 28.9 Å². The van der Waals surface area contributed by atoms with Crippen molar-refractivity contribution in [2.24, 2.45) is 7.05 Å². The van der Waals surface area contributed by atoms with E-state index in [9.17, 15) is 4.79 Å². The number of carbonyl (C=O) groups is 1. The second-order valence-electron chi connectivity index (χ2n) is 14.0. The summed E-state index contributed by atoms with van der Waals surface area (Å²) in [6.07, 6.45) is 16.7. The highest BCUT2D eigenvalue weighted by atomic mass is 32.1. The highest BCUT2D eigenvalue weighted by Crippen LogP contribution is 2.41. The highest BCUT2D eigenvalue weighted by Gasteiger charge is 2.20. The monoisotopic (exact) mass is 794 g/mol. The van der Waals surface area contributed by atoms with Crippen LogP contribution >= 0.6 is 11.3 Å². The van der Waals surface area contributed by atoms with Crippen LogP contribution in [0.2, 0.25) is 0 Å². The minimum atomic E-state index is -0.206. The summed E-state index contributed by atoms with van der Waals surface area (Å²) in [6.45, 7) is 8.73. The van der Waals surface area contributed by atoms with Gasteiger partial charge in [-0.05, 0) is 35.2 Å². The molecular weight excluding hydrogens is 749 g/mol. The summed E-state index contributed by atoms with van der Waals surface area (Å²) in [7, 11) is 3.50. The predicted octanol–water partition coefficient (Wildman–Crippen LogP) is 5.81. The second kappa shape index (κ2) is 17.8. The van der Waals surface area contributed by atoms with Gasteiger partial charge in [-0.3, -0.25) is 19.7 Å². The first kappa shape index (κ1) is 38.5. The molecule has 9 rings (SSSR count). The molecule has 0 spiro atoms. The Morgan fingerprint density at radius 1 is 0.897 bits per heavy atom. The van der Waals surface area contributed by atoms with Crippen molar-refractivity contribution in [3.05, 3.63) is 115 Å². The number of amides is 1. The summed E-state index contributed by atoms with van der Waals surface area (Å²) in [6, 6.07) is 15.6. The molecule has 2 aliphatic heterocycles. The predicted molar refractivity (Wildman–Crippen MR) is 234 cm³/mol. The largest absolute Gasteiger partial charge is 0.495 e. The van der Waals surface area contributed by atoms with E-state index in [1.807, 2.05) is 78.7 Å². The van der Waals surface area contributed by atoms with Crippen molar-refractivity contribution in [3.63, 3.8) is 0 Å². The van der Waals surface area contributed by atoms with Crippen LogP contribution < -0.4 is 30.9 Å². The molecule has 0 saturated carbocycles. The van der Waals surface area contributed by atoms with Crippen molar-refractivity contribution >= 4 is 67.5 Å². The van der Waals surface area contributed by atoms with E-state index in [-0.39, 0.29) is 5.91 Å². The van der Waals surface area contributed by atoms with Gasteiger partial charge in [-0.25, -0.2) is 15.0 Å². The number of ether oxygens (including phenoxy) is 1. The minimum absolute atomic E-state index is 0.206. The lowest BCUT2D eigenvalue weighted by molar-refractivity contribution is 0.101. The van der Waals surface area contributed by atoms with Crippen LogP contribution in [-0.4, -0.2) is 106 Å². The average Bonchev–Trinajstić information content (AvgIpc) is 3.89. The Hall–Kier alpha value is -6.42. The number of thiophene rings is 1. The van der Waals surface area contributed by atoms with Crippen molar-refractivity contribution in [1.29, 1.82) is 0 Å². The molecule has 0 radical (unpaired) electrons. The quantitative estimate of drug-likeness (QED) is 0.162. The van der Waals surface area contributed by atoms with Gasteiger partial charge in [-0.1, -0.05) is 36.4 Å². The fraction of sp³-hybridized carbons (Fsp3) is 0.256. The molecule has 1 amide bonds. The number of nitrogens with one attached hydrogen (secondary N) is 2. The first-order chi connectivity index (χ1) is 28.5. The zero-order valence-corrected chi connectivity index (χ0v) is 33.4. The van der Waals surface area contributed by atoms with E-state index in [4.69, 9.17) is 10.5 Å². The first-order valence-electron chi connectivity index (χ1n) is 19.3. The Morgan fingerprint density at radius 2 is 1.62 bits per heavy atom. The standard InChI is InChI=1S/C35H34N8O2S.C8H12N4/c1-41-28-8-4-3-6-24(28)18-29(41)35(44)40-27-10-9-23(19-30(27)45-2)26-22-46-33-25(20-39-34(36)32(26)33)7-5-13-42-14-16-43(17-15-42)31-21-37-11-12-38-31;1-2-11-8(7-10-1)12-5-3-9-4-6-12/h3-12,18-22H,13-17H2,1-2H3,(H2,36,39)(H,40,44);1-2,7,9H,3-6H2/b7-5+;. The number of benzene rings is 2. The zero-order valence-electron chi connectivity index (χ0n) is 32.6. The number of fused-ring (bicyclic) bond motifs is 2. The maximum atomic E-state index is 13.3. The van der Waals surface area contributed by atoms with Crippen LogP contribution in [0.1, 0.15) is 16.1 Å². The Labute approximate surface area is 341 Å². The van der Waals surface area contributed by atoms with Gasteiger partial charge in [0.25, 0.3) is 5.91 Å². The Morgan fingerprint density at radius 3 is 2.31 bits per heavy atom. The number of hydrogen-bond acceptors (Lipinski definition) is 13. The molecule has 14 nitrogen and oxygen atoms in total. The number of nitrogens with zero attached hydrogens (tertiary/aromatic N) is 9. The van der Waals surface area contributed by atoms with Crippen LogP contribution in [0.3, 0.4) is 0 Å².